The highest BCUT2D eigenvalue weighted by molar-refractivity contribution is 5.94. The smallest absolute Gasteiger partial charge is 0.322 e. The fraction of sp³-hybridized carbons (Fsp3) is 0.722. The van der Waals surface area contributed by atoms with Gasteiger partial charge in [-0.15, -0.1) is 0 Å². The number of primary amides is 1. The summed E-state index contributed by atoms with van der Waals surface area (Å²) in [6.07, 6.45) is 1.54. The molecule has 0 saturated heterocycles. The second kappa shape index (κ2) is 14.3. The van der Waals surface area contributed by atoms with E-state index in [0.717, 1.165) is 0 Å². The number of nitrogens with two attached hydrogens (primary N) is 3. The van der Waals surface area contributed by atoms with Crippen LogP contribution in [0.15, 0.2) is 0 Å². The van der Waals surface area contributed by atoms with Gasteiger partial charge in [0, 0.05) is 0 Å². The lowest BCUT2D eigenvalue weighted by atomic mass is 9.97. The van der Waals surface area contributed by atoms with Crippen molar-refractivity contribution < 1.29 is 29.1 Å². The van der Waals surface area contributed by atoms with Gasteiger partial charge in [-0.05, 0) is 31.7 Å². The van der Waals surface area contributed by atoms with E-state index in [2.05, 4.69) is 16.0 Å². The molecule has 0 aromatic rings. The molecule has 0 spiro atoms. The van der Waals surface area contributed by atoms with Crippen LogP contribution in [0.2, 0.25) is 0 Å². The number of rotatable bonds is 15. The first-order valence-electron chi connectivity index (χ1n) is 9.87. The SMILES string of the molecule is CCC(C)C(NC(=O)C(CCCCN)NC(=O)C(N)CC(N)=O)C(=O)NCC(=O)O. The molecule has 4 unspecified atom stereocenters. The molecule has 0 fully saturated rings. The van der Waals surface area contributed by atoms with E-state index in [-0.39, 0.29) is 18.8 Å². The number of unbranched alkanes of at least 4 members (excludes halogenated alkanes) is 1. The van der Waals surface area contributed by atoms with E-state index in [4.69, 9.17) is 22.3 Å². The van der Waals surface area contributed by atoms with Gasteiger partial charge in [-0.25, -0.2) is 0 Å². The fourth-order valence-electron chi connectivity index (χ4n) is 2.58. The van der Waals surface area contributed by atoms with Gasteiger partial charge in [0.05, 0.1) is 12.5 Å². The third kappa shape index (κ3) is 10.7. The molecule has 4 amide bonds. The van der Waals surface area contributed by atoms with Crippen molar-refractivity contribution in [2.75, 3.05) is 13.1 Å². The number of aliphatic carboxylic acids is 1. The Labute approximate surface area is 175 Å². The van der Waals surface area contributed by atoms with E-state index in [1.807, 2.05) is 6.92 Å². The number of carboxylic acid groups (broad SMARTS) is 1. The molecule has 0 aromatic heterocycles. The van der Waals surface area contributed by atoms with Crippen LogP contribution in [0.3, 0.4) is 0 Å². The number of carbonyl (C=O) groups is 5. The molecular weight excluding hydrogens is 396 g/mol. The Hall–Kier alpha value is -2.73. The first kappa shape index (κ1) is 27.3. The zero-order valence-electron chi connectivity index (χ0n) is 17.5. The van der Waals surface area contributed by atoms with E-state index in [1.54, 1.807) is 6.92 Å². The van der Waals surface area contributed by atoms with Gasteiger partial charge in [0.2, 0.25) is 23.6 Å². The van der Waals surface area contributed by atoms with Crippen LogP contribution in [-0.2, 0) is 24.0 Å². The first-order chi connectivity index (χ1) is 14.0. The van der Waals surface area contributed by atoms with E-state index < -0.39 is 54.3 Å². The van der Waals surface area contributed by atoms with Crippen molar-refractivity contribution in [3.63, 3.8) is 0 Å². The number of carboxylic acids is 1. The molecule has 10 N–H and O–H groups in total. The maximum atomic E-state index is 12.8. The second-order valence-electron chi connectivity index (χ2n) is 7.11. The van der Waals surface area contributed by atoms with Crippen LogP contribution in [0.4, 0.5) is 0 Å². The fourth-order valence-corrected chi connectivity index (χ4v) is 2.58. The normalized spacial score (nSPS) is 14.7. The molecular formula is C18H34N6O6. The Bertz CT molecular complexity index is 614. The van der Waals surface area contributed by atoms with E-state index in [0.29, 0.717) is 25.8 Å². The predicted octanol–water partition coefficient (Wildman–Crippen LogP) is -2.47. The molecule has 0 aliphatic rings. The van der Waals surface area contributed by atoms with Crippen LogP contribution in [0.5, 0.6) is 0 Å². The van der Waals surface area contributed by atoms with Crippen LogP contribution in [0, 0.1) is 5.92 Å². The molecule has 12 nitrogen and oxygen atoms in total. The summed E-state index contributed by atoms with van der Waals surface area (Å²) in [4.78, 5) is 59.0. The Morgan fingerprint density at radius 2 is 1.63 bits per heavy atom. The maximum Gasteiger partial charge on any atom is 0.322 e. The lowest BCUT2D eigenvalue weighted by molar-refractivity contribution is -0.139. The zero-order chi connectivity index (χ0) is 23.3. The lowest BCUT2D eigenvalue weighted by Gasteiger charge is -2.27. The van der Waals surface area contributed by atoms with Gasteiger partial charge in [-0.1, -0.05) is 20.3 Å². The van der Waals surface area contributed by atoms with E-state index in [9.17, 15) is 24.0 Å². The van der Waals surface area contributed by atoms with Gasteiger partial charge in [0.15, 0.2) is 0 Å². The second-order valence-corrected chi connectivity index (χ2v) is 7.11. The summed E-state index contributed by atoms with van der Waals surface area (Å²) < 4.78 is 0. The van der Waals surface area contributed by atoms with Gasteiger partial charge in [-0.3, -0.25) is 24.0 Å². The summed E-state index contributed by atoms with van der Waals surface area (Å²) in [7, 11) is 0. The van der Waals surface area contributed by atoms with Gasteiger partial charge in [0.25, 0.3) is 0 Å². The quantitative estimate of drug-likeness (QED) is 0.138. The molecule has 4 atom stereocenters. The highest BCUT2D eigenvalue weighted by Crippen LogP contribution is 2.10. The van der Waals surface area contributed by atoms with Gasteiger partial charge < -0.3 is 38.3 Å². The Morgan fingerprint density at radius 1 is 1.00 bits per heavy atom. The molecule has 0 heterocycles. The topological polar surface area (TPSA) is 220 Å². The molecule has 0 aliphatic heterocycles. The van der Waals surface area contributed by atoms with Crippen molar-refractivity contribution in [2.24, 2.45) is 23.1 Å². The van der Waals surface area contributed by atoms with Crippen LogP contribution in [-0.4, -0.2) is 65.9 Å². The molecule has 0 aliphatic carbocycles. The largest absolute Gasteiger partial charge is 0.480 e. The lowest BCUT2D eigenvalue weighted by Crippen LogP contribution is -2.57. The molecule has 0 rings (SSSR count). The predicted molar refractivity (Wildman–Crippen MR) is 109 cm³/mol. The summed E-state index contributed by atoms with van der Waals surface area (Å²) >= 11 is 0. The summed E-state index contributed by atoms with van der Waals surface area (Å²) in [6.45, 7) is 3.37. The maximum absolute atomic E-state index is 12.8. The zero-order valence-corrected chi connectivity index (χ0v) is 17.5. The number of hydrogen-bond acceptors (Lipinski definition) is 7. The van der Waals surface area contributed by atoms with Crippen molar-refractivity contribution in [3.05, 3.63) is 0 Å². The minimum absolute atomic E-state index is 0.238. The number of amides is 4. The summed E-state index contributed by atoms with van der Waals surface area (Å²) in [5.74, 6) is -4.25. The van der Waals surface area contributed by atoms with Crippen molar-refractivity contribution in [1.82, 2.24) is 16.0 Å². The molecule has 172 valence electrons. The average Bonchev–Trinajstić information content (AvgIpc) is 2.67. The minimum atomic E-state index is -1.21. The summed E-state index contributed by atoms with van der Waals surface area (Å²) in [5, 5.41) is 16.0. The Kier molecular flexibility index (Phi) is 13.0. The summed E-state index contributed by atoms with van der Waals surface area (Å²) in [6, 6.07) is -3.21. The van der Waals surface area contributed by atoms with Crippen molar-refractivity contribution >= 4 is 29.6 Å². The average molecular weight is 431 g/mol. The van der Waals surface area contributed by atoms with Crippen LogP contribution in [0.1, 0.15) is 46.0 Å². The van der Waals surface area contributed by atoms with Gasteiger partial charge in [0.1, 0.15) is 18.6 Å². The van der Waals surface area contributed by atoms with Crippen LogP contribution >= 0.6 is 0 Å². The molecule has 12 heteroatoms. The van der Waals surface area contributed by atoms with Gasteiger partial charge in [-0.2, -0.15) is 0 Å². The van der Waals surface area contributed by atoms with Crippen molar-refractivity contribution in [1.29, 1.82) is 0 Å². The van der Waals surface area contributed by atoms with Crippen LogP contribution < -0.4 is 33.2 Å². The summed E-state index contributed by atoms with van der Waals surface area (Å²) in [5.41, 5.74) is 16.1. The number of carbonyl (C=O) groups excluding carboxylic acids is 4. The molecule has 30 heavy (non-hydrogen) atoms. The van der Waals surface area contributed by atoms with E-state index >= 15 is 0 Å². The van der Waals surface area contributed by atoms with E-state index in [1.165, 1.54) is 0 Å². The number of hydrogen-bond donors (Lipinski definition) is 7. The third-order valence-corrected chi connectivity index (χ3v) is 4.54. The molecule has 0 saturated carbocycles. The third-order valence-electron chi connectivity index (χ3n) is 4.54. The first-order valence-corrected chi connectivity index (χ1v) is 9.87. The standard InChI is InChI=1S/C18H34N6O6/c1-3-10(2)15(18(30)22-9-14(26)27)24-17(29)12(6-4-5-7-19)23-16(28)11(20)8-13(21)25/h10-12,15H,3-9,19-20H2,1-2H3,(H2,21,25)(H,22,30)(H,23,28)(H,24,29)(H,26,27). The minimum Gasteiger partial charge on any atom is -0.480 e. The molecule has 0 bridgehead atoms. The highest BCUT2D eigenvalue weighted by atomic mass is 16.4. The highest BCUT2D eigenvalue weighted by Gasteiger charge is 2.30. The monoisotopic (exact) mass is 430 g/mol. The van der Waals surface area contributed by atoms with Gasteiger partial charge >= 0.3 is 5.97 Å². The van der Waals surface area contributed by atoms with Crippen molar-refractivity contribution in [2.45, 2.75) is 64.1 Å². The van der Waals surface area contributed by atoms with Crippen LogP contribution in [0.25, 0.3) is 0 Å². The molecule has 0 radical (unpaired) electrons. The Morgan fingerprint density at radius 3 is 2.13 bits per heavy atom. The molecule has 0 aromatic carbocycles. The van der Waals surface area contributed by atoms with Crippen molar-refractivity contribution in [3.8, 4) is 0 Å². The number of nitrogens with one attached hydrogen (secondary N) is 3. The Balaban J connectivity index is 5.30.